The lowest BCUT2D eigenvalue weighted by Crippen LogP contribution is -2.52. The van der Waals surface area contributed by atoms with Gasteiger partial charge in [-0.1, -0.05) is 76.4 Å². The zero-order valence-corrected chi connectivity index (χ0v) is 25.7. The summed E-state index contributed by atoms with van der Waals surface area (Å²) >= 11 is 16.2. The molecular formula is C28H30BrCl2N3O4S. The number of amides is 2. The Morgan fingerprint density at radius 1 is 0.949 bits per heavy atom. The Morgan fingerprint density at radius 3 is 2.15 bits per heavy atom. The normalized spacial score (nSPS) is 12.9. The van der Waals surface area contributed by atoms with Crippen LogP contribution in [0.25, 0.3) is 0 Å². The molecule has 0 bridgehead atoms. The molecule has 0 aliphatic rings. The minimum absolute atomic E-state index is 0.0287. The average Bonchev–Trinajstić information content (AvgIpc) is 2.91. The molecule has 7 nitrogen and oxygen atoms in total. The summed E-state index contributed by atoms with van der Waals surface area (Å²) in [5.74, 6) is -0.974. The summed E-state index contributed by atoms with van der Waals surface area (Å²) in [7, 11) is -4.15. The third-order valence-corrected chi connectivity index (χ3v) is 9.25. The summed E-state index contributed by atoms with van der Waals surface area (Å²) in [6.07, 6.45) is 0.703. The van der Waals surface area contributed by atoms with Gasteiger partial charge in [0.1, 0.15) is 12.6 Å². The predicted molar refractivity (Wildman–Crippen MR) is 159 cm³/mol. The standard InChI is InChI=1S/C28H30BrCl2N3O4S/c1-4-19(2)32-28(36)20(3)33(17-24-25(30)14-9-15-26(24)31)27(35)18-34(22-11-8-10-21(29)16-22)39(37,38)23-12-6-5-7-13-23/h5-16,19-20H,4,17-18H2,1-3H3,(H,32,36)/t19-,20+/m1/s1. The van der Waals surface area contributed by atoms with E-state index in [2.05, 4.69) is 21.2 Å². The second kappa shape index (κ2) is 13.7. The SMILES string of the molecule is CC[C@@H](C)NC(=O)[C@H](C)N(Cc1c(Cl)cccc1Cl)C(=O)CN(c1cccc(Br)c1)S(=O)(=O)c1ccccc1. The Morgan fingerprint density at radius 2 is 1.56 bits per heavy atom. The highest BCUT2D eigenvalue weighted by atomic mass is 79.9. The molecule has 0 fully saturated rings. The van der Waals surface area contributed by atoms with E-state index in [9.17, 15) is 18.0 Å². The summed E-state index contributed by atoms with van der Waals surface area (Å²) in [5.41, 5.74) is 0.742. The molecule has 0 aliphatic heterocycles. The number of hydrogen-bond acceptors (Lipinski definition) is 4. The molecule has 3 aromatic carbocycles. The first-order valence-electron chi connectivity index (χ1n) is 12.3. The third-order valence-electron chi connectivity index (χ3n) is 6.26. The Bertz CT molecular complexity index is 1400. The Hall–Kier alpha value is -2.59. The third kappa shape index (κ3) is 7.75. The number of hydrogen-bond donors (Lipinski definition) is 1. The molecule has 11 heteroatoms. The monoisotopic (exact) mass is 653 g/mol. The van der Waals surface area contributed by atoms with Crippen molar-refractivity contribution in [2.24, 2.45) is 0 Å². The van der Waals surface area contributed by atoms with Crippen molar-refractivity contribution in [3.05, 3.63) is 92.9 Å². The Labute approximate surface area is 248 Å². The van der Waals surface area contributed by atoms with Crippen molar-refractivity contribution in [2.45, 2.75) is 50.7 Å². The van der Waals surface area contributed by atoms with Gasteiger partial charge >= 0.3 is 0 Å². The first-order valence-corrected chi connectivity index (χ1v) is 15.3. The van der Waals surface area contributed by atoms with Gasteiger partial charge in [0, 0.05) is 32.7 Å². The molecular weight excluding hydrogens is 625 g/mol. The topological polar surface area (TPSA) is 86.8 Å². The molecule has 0 unspecified atom stereocenters. The highest BCUT2D eigenvalue weighted by Crippen LogP contribution is 2.29. The second-order valence-electron chi connectivity index (χ2n) is 9.02. The number of carbonyl (C=O) groups is 2. The molecule has 0 aliphatic carbocycles. The molecule has 3 aromatic rings. The molecule has 0 spiro atoms. The predicted octanol–water partition coefficient (Wildman–Crippen LogP) is 6.28. The number of carbonyl (C=O) groups excluding carboxylic acids is 2. The van der Waals surface area contributed by atoms with E-state index in [0.29, 0.717) is 26.5 Å². The minimum atomic E-state index is -4.15. The van der Waals surface area contributed by atoms with Crippen LogP contribution < -0.4 is 9.62 Å². The van der Waals surface area contributed by atoms with Crippen molar-refractivity contribution < 1.29 is 18.0 Å². The van der Waals surface area contributed by atoms with Crippen LogP contribution in [0.1, 0.15) is 32.8 Å². The van der Waals surface area contributed by atoms with E-state index in [1.54, 1.807) is 67.6 Å². The smallest absolute Gasteiger partial charge is 0.264 e. The van der Waals surface area contributed by atoms with Crippen LogP contribution >= 0.6 is 39.1 Å². The van der Waals surface area contributed by atoms with Gasteiger partial charge in [-0.25, -0.2) is 8.42 Å². The summed E-state index contributed by atoms with van der Waals surface area (Å²) in [6, 6.07) is 18.4. The molecule has 39 heavy (non-hydrogen) atoms. The second-order valence-corrected chi connectivity index (χ2v) is 12.6. The quantitative estimate of drug-likeness (QED) is 0.264. The van der Waals surface area contributed by atoms with E-state index < -0.39 is 28.5 Å². The number of nitrogens with zero attached hydrogens (tertiary/aromatic N) is 2. The van der Waals surface area contributed by atoms with Gasteiger partial charge in [0.25, 0.3) is 10.0 Å². The molecule has 0 saturated heterocycles. The van der Waals surface area contributed by atoms with E-state index in [0.717, 1.165) is 4.31 Å². The van der Waals surface area contributed by atoms with Gasteiger partial charge in [-0.2, -0.15) is 0 Å². The number of sulfonamides is 1. The van der Waals surface area contributed by atoms with E-state index in [-0.39, 0.29) is 29.1 Å². The van der Waals surface area contributed by atoms with E-state index in [1.807, 2.05) is 13.8 Å². The van der Waals surface area contributed by atoms with Crippen LogP contribution in [0.15, 0.2) is 82.2 Å². The van der Waals surface area contributed by atoms with Crippen LogP contribution in [0.2, 0.25) is 10.0 Å². The Kier molecular flexibility index (Phi) is 10.8. The van der Waals surface area contributed by atoms with Crippen LogP contribution in [0.5, 0.6) is 0 Å². The molecule has 3 rings (SSSR count). The highest BCUT2D eigenvalue weighted by molar-refractivity contribution is 9.10. The number of rotatable bonds is 11. The fourth-order valence-electron chi connectivity index (χ4n) is 3.78. The first-order chi connectivity index (χ1) is 18.4. The van der Waals surface area contributed by atoms with Crippen LogP contribution in [0, 0.1) is 0 Å². The molecule has 0 heterocycles. The maximum atomic E-state index is 14.0. The zero-order valence-electron chi connectivity index (χ0n) is 21.8. The summed E-state index contributed by atoms with van der Waals surface area (Å²) in [5, 5.41) is 3.55. The van der Waals surface area contributed by atoms with Gasteiger partial charge < -0.3 is 10.2 Å². The van der Waals surface area contributed by atoms with Crippen molar-refractivity contribution in [1.29, 1.82) is 0 Å². The van der Waals surface area contributed by atoms with Crippen LogP contribution in [-0.2, 0) is 26.2 Å². The molecule has 0 radical (unpaired) electrons. The van der Waals surface area contributed by atoms with Crippen molar-refractivity contribution in [1.82, 2.24) is 10.2 Å². The number of halogens is 3. The fraction of sp³-hybridized carbons (Fsp3) is 0.286. The fourth-order valence-corrected chi connectivity index (χ4v) is 6.11. The van der Waals surface area contributed by atoms with Crippen molar-refractivity contribution in [3.63, 3.8) is 0 Å². The summed E-state index contributed by atoms with van der Waals surface area (Å²) in [4.78, 5) is 28.4. The zero-order chi connectivity index (χ0) is 28.7. The lowest BCUT2D eigenvalue weighted by molar-refractivity contribution is -0.139. The molecule has 2 atom stereocenters. The molecule has 0 saturated carbocycles. The number of nitrogens with one attached hydrogen (secondary N) is 1. The number of anilines is 1. The maximum absolute atomic E-state index is 14.0. The van der Waals surface area contributed by atoms with E-state index in [1.165, 1.54) is 17.0 Å². The van der Waals surface area contributed by atoms with Gasteiger partial charge in [0.15, 0.2) is 0 Å². The lowest BCUT2D eigenvalue weighted by Gasteiger charge is -2.33. The lowest BCUT2D eigenvalue weighted by atomic mass is 10.1. The molecule has 1 N–H and O–H groups in total. The Balaban J connectivity index is 2.06. The van der Waals surface area contributed by atoms with E-state index >= 15 is 0 Å². The van der Waals surface area contributed by atoms with Crippen molar-refractivity contribution in [3.8, 4) is 0 Å². The summed E-state index contributed by atoms with van der Waals surface area (Å²) in [6.45, 7) is 4.74. The van der Waals surface area contributed by atoms with Gasteiger partial charge in [0.2, 0.25) is 11.8 Å². The van der Waals surface area contributed by atoms with Crippen LogP contribution in [0.3, 0.4) is 0 Å². The average molecular weight is 655 g/mol. The highest BCUT2D eigenvalue weighted by Gasteiger charge is 2.33. The maximum Gasteiger partial charge on any atom is 0.264 e. The van der Waals surface area contributed by atoms with Crippen molar-refractivity contribution >= 4 is 66.7 Å². The van der Waals surface area contributed by atoms with E-state index in [4.69, 9.17) is 23.2 Å². The van der Waals surface area contributed by atoms with Gasteiger partial charge in [-0.05, 0) is 62.7 Å². The molecule has 2 amide bonds. The van der Waals surface area contributed by atoms with Gasteiger partial charge in [-0.15, -0.1) is 0 Å². The van der Waals surface area contributed by atoms with Crippen LogP contribution in [-0.4, -0.2) is 43.8 Å². The summed E-state index contributed by atoms with van der Waals surface area (Å²) < 4.78 is 29.2. The first kappa shape index (κ1) is 30.9. The van der Waals surface area contributed by atoms with Crippen molar-refractivity contribution in [2.75, 3.05) is 10.8 Å². The molecule has 208 valence electrons. The van der Waals surface area contributed by atoms with Crippen LogP contribution in [0.4, 0.5) is 5.69 Å². The number of benzene rings is 3. The largest absolute Gasteiger partial charge is 0.352 e. The minimum Gasteiger partial charge on any atom is -0.352 e. The molecule has 0 aromatic heterocycles. The van der Waals surface area contributed by atoms with Gasteiger partial charge in [-0.3, -0.25) is 13.9 Å². The van der Waals surface area contributed by atoms with Gasteiger partial charge in [0.05, 0.1) is 10.6 Å².